The molecule has 0 atom stereocenters. The first-order chi connectivity index (χ1) is 13.5. The van der Waals surface area contributed by atoms with E-state index in [-0.39, 0.29) is 5.91 Å². The number of halogens is 3. The lowest BCUT2D eigenvalue weighted by molar-refractivity contribution is 0.102. The van der Waals surface area contributed by atoms with Gasteiger partial charge in [-0.05, 0) is 60.2 Å². The molecule has 0 unspecified atom stereocenters. The van der Waals surface area contributed by atoms with Gasteiger partial charge in [0, 0.05) is 32.2 Å². The number of fused-ring (bicyclic) bond motifs is 1. The molecule has 0 fully saturated rings. The Morgan fingerprint density at radius 2 is 1.75 bits per heavy atom. The fourth-order valence-electron chi connectivity index (χ4n) is 2.89. The Morgan fingerprint density at radius 3 is 2.46 bits per heavy atom. The summed E-state index contributed by atoms with van der Waals surface area (Å²) in [6.45, 7) is 0. The zero-order valence-electron chi connectivity index (χ0n) is 14.5. The van der Waals surface area contributed by atoms with Crippen molar-refractivity contribution in [3.8, 4) is 0 Å². The van der Waals surface area contributed by atoms with E-state index in [2.05, 4.69) is 31.2 Å². The molecule has 0 aliphatic carbocycles. The van der Waals surface area contributed by atoms with E-state index in [0.29, 0.717) is 22.0 Å². The number of nitrogens with zero attached hydrogens (tertiary/aromatic N) is 1. The van der Waals surface area contributed by atoms with Gasteiger partial charge in [0.15, 0.2) is 0 Å². The molecule has 1 aromatic heterocycles. The normalized spacial score (nSPS) is 11.0. The maximum atomic E-state index is 12.5. The van der Waals surface area contributed by atoms with Crippen molar-refractivity contribution in [3.63, 3.8) is 0 Å². The first-order valence-corrected chi connectivity index (χ1v) is 10.0. The van der Waals surface area contributed by atoms with Gasteiger partial charge in [-0.25, -0.2) is 4.98 Å². The zero-order valence-corrected chi connectivity index (χ0v) is 17.6. The fourth-order valence-corrected chi connectivity index (χ4v) is 3.69. The van der Waals surface area contributed by atoms with Gasteiger partial charge in [-0.15, -0.1) is 0 Å². The van der Waals surface area contributed by atoms with Crippen LogP contribution in [0, 0.1) is 0 Å². The van der Waals surface area contributed by atoms with Crippen LogP contribution in [0.1, 0.15) is 21.7 Å². The molecule has 4 nitrogen and oxygen atoms in total. The van der Waals surface area contributed by atoms with Gasteiger partial charge in [0.2, 0.25) is 0 Å². The number of hydrogen-bond acceptors (Lipinski definition) is 2. The molecule has 0 spiro atoms. The second kappa shape index (κ2) is 7.95. The molecular formula is C21H14BrCl2N3O. The standard InChI is InChI=1S/C21H14BrCl2N3O/c22-13-5-7-14(8-6-13)25-21(28)12-4-9-18-19(10-12)27-20(26-18)11-15-16(23)2-1-3-17(15)24/h1-10H,11H2,(H,25,28)(H,26,27). The molecule has 0 radical (unpaired) electrons. The summed E-state index contributed by atoms with van der Waals surface area (Å²) >= 11 is 15.9. The molecule has 7 heteroatoms. The van der Waals surface area contributed by atoms with Gasteiger partial charge in [0.05, 0.1) is 11.0 Å². The van der Waals surface area contributed by atoms with Crippen LogP contribution in [0.4, 0.5) is 5.69 Å². The molecule has 0 bridgehead atoms. The number of aromatic amines is 1. The topological polar surface area (TPSA) is 57.8 Å². The van der Waals surface area contributed by atoms with Crippen molar-refractivity contribution in [2.75, 3.05) is 5.32 Å². The predicted octanol–water partition coefficient (Wildman–Crippen LogP) is 6.48. The average molecular weight is 475 g/mol. The Kier molecular flexibility index (Phi) is 5.40. The highest BCUT2D eigenvalue weighted by Crippen LogP contribution is 2.27. The Bertz CT molecular complexity index is 1150. The summed E-state index contributed by atoms with van der Waals surface area (Å²) in [7, 11) is 0. The fraction of sp³-hybridized carbons (Fsp3) is 0.0476. The third kappa shape index (κ3) is 4.07. The number of carbonyl (C=O) groups excluding carboxylic acids is 1. The summed E-state index contributed by atoms with van der Waals surface area (Å²) in [5.41, 5.74) is 3.64. The van der Waals surface area contributed by atoms with E-state index in [9.17, 15) is 4.79 Å². The number of H-pyrrole nitrogens is 1. The molecule has 28 heavy (non-hydrogen) atoms. The molecule has 0 saturated carbocycles. The summed E-state index contributed by atoms with van der Waals surface area (Å²) in [6, 6.07) is 18.2. The van der Waals surface area contributed by atoms with Crippen LogP contribution in [0.2, 0.25) is 10.0 Å². The van der Waals surface area contributed by atoms with Crippen molar-refractivity contribution in [1.82, 2.24) is 9.97 Å². The van der Waals surface area contributed by atoms with E-state index in [1.807, 2.05) is 36.4 Å². The first kappa shape index (κ1) is 19.0. The van der Waals surface area contributed by atoms with Gasteiger partial charge < -0.3 is 10.3 Å². The maximum Gasteiger partial charge on any atom is 0.255 e. The molecular weight excluding hydrogens is 461 g/mol. The zero-order chi connectivity index (χ0) is 19.7. The third-order valence-electron chi connectivity index (χ3n) is 4.30. The van der Waals surface area contributed by atoms with Crippen molar-refractivity contribution < 1.29 is 4.79 Å². The van der Waals surface area contributed by atoms with E-state index < -0.39 is 0 Å². The number of nitrogens with one attached hydrogen (secondary N) is 2. The van der Waals surface area contributed by atoms with Crippen LogP contribution < -0.4 is 5.32 Å². The van der Waals surface area contributed by atoms with Crippen molar-refractivity contribution in [1.29, 1.82) is 0 Å². The molecule has 1 amide bonds. The molecule has 4 rings (SSSR count). The SMILES string of the molecule is O=C(Nc1ccc(Br)cc1)c1ccc2nc(Cc3c(Cl)cccc3Cl)[nH]c2c1. The minimum Gasteiger partial charge on any atom is -0.342 e. The Morgan fingerprint density at radius 1 is 1.04 bits per heavy atom. The third-order valence-corrected chi connectivity index (χ3v) is 5.54. The summed E-state index contributed by atoms with van der Waals surface area (Å²) < 4.78 is 0.954. The smallest absolute Gasteiger partial charge is 0.255 e. The van der Waals surface area contributed by atoms with Crippen LogP contribution in [0.25, 0.3) is 11.0 Å². The number of carbonyl (C=O) groups is 1. The lowest BCUT2D eigenvalue weighted by Gasteiger charge is -2.05. The molecule has 1 heterocycles. The van der Waals surface area contributed by atoms with Crippen molar-refractivity contribution in [3.05, 3.63) is 92.1 Å². The van der Waals surface area contributed by atoms with Crippen molar-refractivity contribution >= 4 is 61.8 Å². The monoisotopic (exact) mass is 473 g/mol. The first-order valence-electron chi connectivity index (χ1n) is 8.48. The summed E-state index contributed by atoms with van der Waals surface area (Å²) in [5.74, 6) is 0.546. The van der Waals surface area contributed by atoms with Crippen LogP contribution in [0.3, 0.4) is 0 Å². The Labute approximate surface area is 180 Å². The quantitative estimate of drug-likeness (QED) is 0.355. The van der Waals surface area contributed by atoms with Gasteiger partial charge in [0.1, 0.15) is 5.82 Å². The summed E-state index contributed by atoms with van der Waals surface area (Å²) in [5, 5.41) is 4.08. The lowest BCUT2D eigenvalue weighted by Crippen LogP contribution is -2.11. The Hall–Kier alpha value is -2.34. The van der Waals surface area contributed by atoms with Crippen molar-refractivity contribution in [2.45, 2.75) is 6.42 Å². The van der Waals surface area contributed by atoms with Crippen molar-refractivity contribution in [2.24, 2.45) is 0 Å². The van der Waals surface area contributed by atoms with Crippen LogP contribution in [0.5, 0.6) is 0 Å². The minimum atomic E-state index is -0.186. The van der Waals surface area contributed by atoms with Gasteiger partial charge in [-0.1, -0.05) is 45.2 Å². The molecule has 140 valence electrons. The number of hydrogen-bond donors (Lipinski definition) is 2. The molecule has 0 aliphatic rings. The number of aromatic nitrogens is 2. The Balaban J connectivity index is 1.57. The second-order valence-corrected chi connectivity index (χ2v) is 7.98. The van der Waals surface area contributed by atoms with Crippen LogP contribution in [-0.4, -0.2) is 15.9 Å². The van der Waals surface area contributed by atoms with E-state index >= 15 is 0 Å². The average Bonchev–Trinajstić information content (AvgIpc) is 3.08. The highest BCUT2D eigenvalue weighted by Gasteiger charge is 2.12. The number of amides is 1. The van der Waals surface area contributed by atoms with Gasteiger partial charge in [-0.2, -0.15) is 0 Å². The minimum absolute atomic E-state index is 0.186. The molecule has 2 N–H and O–H groups in total. The van der Waals surface area contributed by atoms with Gasteiger partial charge >= 0.3 is 0 Å². The van der Waals surface area contributed by atoms with Crippen LogP contribution in [0.15, 0.2) is 65.1 Å². The lowest BCUT2D eigenvalue weighted by atomic mass is 10.1. The van der Waals surface area contributed by atoms with E-state index in [1.54, 1.807) is 24.3 Å². The maximum absolute atomic E-state index is 12.5. The molecule has 4 aromatic rings. The molecule has 3 aromatic carbocycles. The number of benzene rings is 3. The summed E-state index contributed by atoms with van der Waals surface area (Å²) in [6.07, 6.45) is 0.480. The van der Waals surface area contributed by atoms with E-state index in [1.165, 1.54) is 0 Å². The number of rotatable bonds is 4. The van der Waals surface area contributed by atoms with Gasteiger partial charge in [-0.3, -0.25) is 4.79 Å². The molecule has 0 aliphatic heterocycles. The predicted molar refractivity (Wildman–Crippen MR) is 117 cm³/mol. The highest BCUT2D eigenvalue weighted by atomic mass is 79.9. The molecule has 0 saturated heterocycles. The van der Waals surface area contributed by atoms with E-state index in [0.717, 1.165) is 32.6 Å². The number of anilines is 1. The second-order valence-electron chi connectivity index (χ2n) is 6.25. The number of imidazole rings is 1. The van der Waals surface area contributed by atoms with Gasteiger partial charge in [0.25, 0.3) is 5.91 Å². The largest absolute Gasteiger partial charge is 0.342 e. The summed E-state index contributed by atoms with van der Waals surface area (Å²) in [4.78, 5) is 20.4. The van der Waals surface area contributed by atoms with E-state index in [4.69, 9.17) is 23.2 Å². The van der Waals surface area contributed by atoms with Crippen LogP contribution in [-0.2, 0) is 6.42 Å². The van der Waals surface area contributed by atoms with Crippen LogP contribution >= 0.6 is 39.1 Å². The highest BCUT2D eigenvalue weighted by molar-refractivity contribution is 9.10.